The van der Waals surface area contributed by atoms with Gasteiger partial charge in [0.05, 0.1) is 23.8 Å². The largest absolute Gasteiger partial charge is 0.369 e. The van der Waals surface area contributed by atoms with Gasteiger partial charge in [-0.2, -0.15) is 0 Å². The van der Waals surface area contributed by atoms with E-state index < -0.39 is 0 Å². The van der Waals surface area contributed by atoms with Crippen molar-refractivity contribution in [2.75, 3.05) is 50.5 Å². The van der Waals surface area contributed by atoms with Crippen LogP contribution in [-0.2, 0) is 9.59 Å². The topological polar surface area (TPSA) is 68.8 Å². The molecule has 1 aromatic carbocycles. The van der Waals surface area contributed by atoms with Gasteiger partial charge in [-0.3, -0.25) is 19.5 Å². The van der Waals surface area contributed by atoms with Crippen molar-refractivity contribution in [3.05, 3.63) is 54.4 Å². The molecule has 32 heavy (non-hydrogen) atoms. The van der Waals surface area contributed by atoms with Gasteiger partial charge in [-0.15, -0.1) is 0 Å². The zero-order valence-corrected chi connectivity index (χ0v) is 19.2. The van der Waals surface area contributed by atoms with Crippen LogP contribution in [0.15, 0.2) is 48.8 Å². The van der Waals surface area contributed by atoms with Crippen LogP contribution in [-0.4, -0.2) is 72.9 Å². The summed E-state index contributed by atoms with van der Waals surface area (Å²) in [5.41, 5.74) is 3.18. The second-order valence-electron chi connectivity index (χ2n) is 9.16. The Kier molecular flexibility index (Phi) is 6.74. The van der Waals surface area contributed by atoms with Gasteiger partial charge in [0, 0.05) is 38.1 Å². The zero-order valence-electron chi connectivity index (χ0n) is 19.2. The smallest absolute Gasteiger partial charge is 0.239 e. The first-order valence-electron chi connectivity index (χ1n) is 11.4. The number of anilines is 2. The zero-order chi connectivity index (χ0) is 22.7. The van der Waals surface area contributed by atoms with Gasteiger partial charge >= 0.3 is 0 Å². The Bertz CT molecular complexity index is 917. The van der Waals surface area contributed by atoms with Gasteiger partial charge in [0.15, 0.2) is 0 Å². The lowest BCUT2D eigenvalue weighted by molar-refractivity contribution is -0.136. The van der Waals surface area contributed by atoms with E-state index in [0.717, 1.165) is 50.4 Å². The highest BCUT2D eigenvalue weighted by Gasteiger charge is 2.33. The molecule has 2 fully saturated rings. The normalized spacial score (nSPS) is 18.4. The first kappa shape index (κ1) is 22.3. The molecular weight excluding hydrogens is 402 g/mol. The molecule has 4 rings (SSSR count). The van der Waals surface area contributed by atoms with Crippen molar-refractivity contribution in [2.45, 2.75) is 31.7 Å². The second kappa shape index (κ2) is 9.69. The minimum absolute atomic E-state index is 0.00121. The number of nitrogens with one attached hydrogen (secondary N) is 1. The molecule has 2 aromatic rings. The standard InChI is InChI=1S/C25H33N5O2/c1-18(28(2)3)25(32)29-13-10-20(11-14-29)19-6-8-22(9-7-19)27-24(31)21-16-30(17-21)23-5-4-12-26-15-23/h4-9,12,15,18,20-21H,10-11,13-14,16-17H2,1-3H3,(H,27,31). The molecule has 7 nitrogen and oxygen atoms in total. The number of carbonyl (C=O) groups is 2. The molecule has 1 N–H and O–H groups in total. The Labute approximate surface area is 190 Å². The number of hydrogen-bond donors (Lipinski definition) is 1. The highest BCUT2D eigenvalue weighted by Crippen LogP contribution is 2.30. The van der Waals surface area contributed by atoms with Gasteiger partial charge in [-0.25, -0.2) is 0 Å². The molecule has 2 aliphatic heterocycles. The Morgan fingerprint density at radius 1 is 1.09 bits per heavy atom. The number of aromatic nitrogens is 1. The molecule has 1 aromatic heterocycles. The summed E-state index contributed by atoms with van der Waals surface area (Å²) in [6.07, 6.45) is 5.54. The first-order valence-corrected chi connectivity index (χ1v) is 11.4. The van der Waals surface area contributed by atoms with E-state index in [1.54, 1.807) is 6.20 Å². The summed E-state index contributed by atoms with van der Waals surface area (Å²) < 4.78 is 0. The number of rotatable bonds is 6. The van der Waals surface area contributed by atoms with Crippen molar-refractivity contribution < 1.29 is 9.59 Å². The van der Waals surface area contributed by atoms with Crippen molar-refractivity contribution in [2.24, 2.45) is 5.92 Å². The van der Waals surface area contributed by atoms with Crippen molar-refractivity contribution in [1.82, 2.24) is 14.8 Å². The summed E-state index contributed by atoms with van der Waals surface area (Å²) >= 11 is 0. The molecule has 2 saturated heterocycles. The van der Waals surface area contributed by atoms with E-state index in [-0.39, 0.29) is 23.8 Å². The summed E-state index contributed by atoms with van der Waals surface area (Å²) in [5, 5.41) is 3.05. The fourth-order valence-electron chi connectivity index (χ4n) is 4.40. The predicted molar refractivity (Wildman–Crippen MR) is 127 cm³/mol. The van der Waals surface area contributed by atoms with Crippen molar-refractivity contribution in [3.63, 3.8) is 0 Å². The average Bonchev–Trinajstić information content (AvgIpc) is 2.78. The van der Waals surface area contributed by atoms with E-state index in [4.69, 9.17) is 0 Å². The molecule has 3 heterocycles. The van der Waals surface area contributed by atoms with E-state index in [1.165, 1.54) is 5.56 Å². The molecule has 0 spiro atoms. The summed E-state index contributed by atoms with van der Waals surface area (Å²) in [6, 6.07) is 12.1. The predicted octanol–water partition coefficient (Wildman–Crippen LogP) is 2.81. The van der Waals surface area contributed by atoms with Crippen LogP contribution < -0.4 is 10.2 Å². The maximum absolute atomic E-state index is 12.6. The van der Waals surface area contributed by atoms with Crippen LogP contribution in [0.25, 0.3) is 0 Å². The quantitative estimate of drug-likeness (QED) is 0.756. The van der Waals surface area contributed by atoms with Crippen molar-refractivity contribution >= 4 is 23.2 Å². The lowest BCUT2D eigenvalue weighted by Gasteiger charge is -2.39. The number of pyridine rings is 1. The summed E-state index contributed by atoms with van der Waals surface area (Å²) in [6.45, 7) is 5.00. The average molecular weight is 436 g/mol. The molecular formula is C25H33N5O2. The Balaban J connectivity index is 1.24. The number of nitrogens with zero attached hydrogens (tertiary/aromatic N) is 4. The van der Waals surface area contributed by atoms with E-state index in [0.29, 0.717) is 5.92 Å². The van der Waals surface area contributed by atoms with Crippen LogP contribution in [0.5, 0.6) is 0 Å². The third-order valence-corrected chi connectivity index (χ3v) is 6.85. The first-order chi connectivity index (χ1) is 15.4. The molecule has 0 radical (unpaired) electrons. The molecule has 1 unspecified atom stereocenters. The molecule has 2 amide bonds. The van der Waals surface area contributed by atoms with Crippen molar-refractivity contribution in [1.29, 1.82) is 0 Å². The van der Waals surface area contributed by atoms with E-state index in [2.05, 4.69) is 27.3 Å². The molecule has 1 atom stereocenters. The highest BCUT2D eigenvalue weighted by atomic mass is 16.2. The fraction of sp³-hybridized carbons (Fsp3) is 0.480. The second-order valence-corrected chi connectivity index (χ2v) is 9.16. The van der Waals surface area contributed by atoms with Crippen molar-refractivity contribution in [3.8, 4) is 0 Å². The molecule has 170 valence electrons. The van der Waals surface area contributed by atoms with Crippen LogP contribution in [0.3, 0.4) is 0 Å². The summed E-state index contributed by atoms with van der Waals surface area (Å²) in [4.78, 5) is 35.4. The maximum Gasteiger partial charge on any atom is 0.239 e. The van der Waals surface area contributed by atoms with Gasteiger partial charge in [-0.05, 0) is 69.6 Å². The van der Waals surface area contributed by atoms with E-state index in [1.807, 2.05) is 61.3 Å². The molecule has 7 heteroatoms. The van der Waals surface area contributed by atoms with Gasteiger partial charge in [0.1, 0.15) is 0 Å². The minimum atomic E-state index is -0.0819. The van der Waals surface area contributed by atoms with Crippen LogP contribution in [0.4, 0.5) is 11.4 Å². The Hall–Kier alpha value is -2.93. The monoisotopic (exact) mass is 435 g/mol. The molecule has 0 bridgehead atoms. The van der Waals surface area contributed by atoms with Crippen LogP contribution in [0, 0.1) is 5.92 Å². The lowest BCUT2D eigenvalue weighted by atomic mass is 9.89. The Morgan fingerprint density at radius 2 is 1.78 bits per heavy atom. The number of benzene rings is 1. The van der Waals surface area contributed by atoms with Crippen LogP contribution >= 0.6 is 0 Å². The van der Waals surface area contributed by atoms with Gasteiger partial charge < -0.3 is 15.1 Å². The van der Waals surface area contributed by atoms with E-state index in [9.17, 15) is 9.59 Å². The maximum atomic E-state index is 12.6. The van der Waals surface area contributed by atoms with Crippen LogP contribution in [0.2, 0.25) is 0 Å². The molecule has 0 aliphatic carbocycles. The number of piperidine rings is 1. The third-order valence-electron chi connectivity index (χ3n) is 6.85. The summed E-state index contributed by atoms with van der Waals surface area (Å²) in [7, 11) is 3.88. The molecule has 0 saturated carbocycles. The Morgan fingerprint density at radius 3 is 2.38 bits per heavy atom. The number of carbonyl (C=O) groups excluding carboxylic acids is 2. The van der Waals surface area contributed by atoms with E-state index >= 15 is 0 Å². The minimum Gasteiger partial charge on any atom is -0.369 e. The van der Waals surface area contributed by atoms with Gasteiger partial charge in [0.2, 0.25) is 11.8 Å². The van der Waals surface area contributed by atoms with Crippen LogP contribution in [0.1, 0.15) is 31.2 Å². The number of amides is 2. The number of hydrogen-bond acceptors (Lipinski definition) is 5. The highest BCUT2D eigenvalue weighted by molar-refractivity contribution is 5.94. The van der Waals surface area contributed by atoms with Gasteiger partial charge in [0.25, 0.3) is 0 Å². The lowest BCUT2D eigenvalue weighted by Crippen LogP contribution is -2.52. The van der Waals surface area contributed by atoms with Gasteiger partial charge in [-0.1, -0.05) is 12.1 Å². The molecule has 2 aliphatic rings. The SMILES string of the molecule is CC(C(=O)N1CCC(c2ccc(NC(=O)C3CN(c4cccnc4)C3)cc2)CC1)N(C)C. The summed E-state index contributed by atoms with van der Waals surface area (Å²) in [5.74, 6) is 0.740. The number of likely N-dealkylation sites (tertiary alicyclic amines) is 1. The third kappa shape index (κ3) is 4.93. The fourth-order valence-corrected chi connectivity index (χ4v) is 4.40. The number of likely N-dealkylation sites (N-methyl/N-ethyl adjacent to an activating group) is 1.